The fourth-order valence-electron chi connectivity index (χ4n) is 3.75. The van der Waals surface area contributed by atoms with Gasteiger partial charge in [-0.1, -0.05) is 25.4 Å². The second kappa shape index (κ2) is 7.54. The highest BCUT2D eigenvalue weighted by atomic mass is 35.5. The highest BCUT2D eigenvalue weighted by Gasteiger charge is 2.32. The molecule has 4 rings (SSSR count). The fraction of sp³-hybridized carbons (Fsp3) is 0.318. The van der Waals surface area contributed by atoms with Crippen LogP contribution >= 0.6 is 11.6 Å². The van der Waals surface area contributed by atoms with Gasteiger partial charge in [-0.05, 0) is 42.5 Å². The van der Waals surface area contributed by atoms with Crippen LogP contribution in [0.15, 0.2) is 36.8 Å². The molecule has 1 atom stereocenters. The van der Waals surface area contributed by atoms with Crippen LogP contribution in [0.1, 0.15) is 43.6 Å². The van der Waals surface area contributed by atoms with Crippen LogP contribution in [0.5, 0.6) is 0 Å². The number of nitrogens with one attached hydrogen (secondary N) is 1. The lowest BCUT2D eigenvalue weighted by Crippen LogP contribution is -2.19. The molecule has 0 saturated carbocycles. The van der Waals surface area contributed by atoms with Crippen LogP contribution in [-0.4, -0.2) is 25.7 Å². The molecule has 3 aromatic heterocycles. The number of amides is 1. The van der Waals surface area contributed by atoms with Crippen molar-refractivity contribution in [1.82, 2.24) is 19.7 Å². The van der Waals surface area contributed by atoms with Crippen molar-refractivity contribution in [2.24, 2.45) is 5.41 Å². The molecule has 3 aromatic rings. The van der Waals surface area contributed by atoms with E-state index in [2.05, 4.69) is 34.2 Å². The van der Waals surface area contributed by atoms with Crippen LogP contribution in [0.4, 0.5) is 5.82 Å². The number of hydrogen-bond donors (Lipinski definition) is 1. The molecule has 4 heterocycles. The Kier molecular flexibility index (Phi) is 5.04. The number of hydrogen-bond acceptors (Lipinski definition) is 5. The SMILES string of the molecule is C[C@@H](C(=O)Nc1cc(-c2cnn3c2CC(C)(C)C3)c(Cl)cn1)c1ccnc(C#N)c1. The van der Waals surface area contributed by atoms with Gasteiger partial charge in [-0.3, -0.25) is 9.48 Å². The Labute approximate surface area is 179 Å². The van der Waals surface area contributed by atoms with E-state index in [0.717, 1.165) is 29.8 Å². The Morgan fingerprint density at radius 1 is 1.30 bits per heavy atom. The molecule has 8 heteroatoms. The molecule has 0 saturated heterocycles. The summed E-state index contributed by atoms with van der Waals surface area (Å²) in [6, 6.07) is 7.11. The molecule has 7 nitrogen and oxygen atoms in total. The molecular formula is C22H21ClN6O. The first-order valence-electron chi connectivity index (χ1n) is 9.65. The average molecular weight is 421 g/mol. The maximum Gasteiger partial charge on any atom is 0.232 e. The van der Waals surface area contributed by atoms with E-state index in [1.165, 1.54) is 6.20 Å². The van der Waals surface area contributed by atoms with E-state index in [0.29, 0.717) is 16.4 Å². The van der Waals surface area contributed by atoms with Crippen LogP contribution in [-0.2, 0) is 17.8 Å². The topological polar surface area (TPSA) is 96.5 Å². The molecule has 0 aromatic carbocycles. The summed E-state index contributed by atoms with van der Waals surface area (Å²) in [5.74, 6) is -0.285. The standard InChI is InChI=1S/C22H21ClN6O/c1-13(14-4-5-25-15(6-14)9-24)21(30)28-20-7-16(18(23)11-26-20)17-10-27-29-12-22(2,3)8-19(17)29/h4-7,10-11,13H,8,12H2,1-3H3,(H,26,28,30)/t13-/m1/s1. The van der Waals surface area contributed by atoms with Crippen molar-refractivity contribution in [1.29, 1.82) is 5.26 Å². The molecule has 1 amide bonds. The second-order valence-corrected chi connectivity index (χ2v) is 8.76. The maximum absolute atomic E-state index is 12.8. The highest BCUT2D eigenvalue weighted by Crippen LogP contribution is 2.39. The summed E-state index contributed by atoms with van der Waals surface area (Å²) in [5, 5.41) is 16.9. The van der Waals surface area contributed by atoms with Gasteiger partial charge < -0.3 is 5.32 Å². The average Bonchev–Trinajstić information content (AvgIpc) is 3.23. The number of fused-ring (bicyclic) bond motifs is 1. The van der Waals surface area contributed by atoms with Gasteiger partial charge in [-0.25, -0.2) is 9.97 Å². The largest absolute Gasteiger partial charge is 0.310 e. The van der Waals surface area contributed by atoms with Gasteiger partial charge in [-0.15, -0.1) is 0 Å². The number of halogens is 1. The molecule has 1 aliphatic heterocycles. The molecule has 0 bridgehead atoms. The minimum atomic E-state index is -0.470. The third kappa shape index (κ3) is 3.79. The number of carbonyl (C=O) groups is 1. The molecule has 152 valence electrons. The number of aromatic nitrogens is 4. The quantitative estimate of drug-likeness (QED) is 0.682. The minimum Gasteiger partial charge on any atom is -0.310 e. The van der Waals surface area contributed by atoms with Gasteiger partial charge >= 0.3 is 0 Å². The van der Waals surface area contributed by atoms with Crippen LogP contribution in [0.3, 0.4) is 0 Å². The van der Waals surface area contributed by atoms with E-state index in [-0.39, 0.29) is 17.0 Å². The van der Waals surface area contributed by atoms with E-state index in [4.69, 9.17) is 16.9 Å². The Bertz CT molecular complexity index is 1180. The van der Waals surface area contributed by atoms with Crippen LogP contribution < -0.4 is 5.32 Å². The summed E-state index contributed by atoms with van der Waals surface area (Å²) in [4.78, 5) is 21.0. The van der Waals surface area contributed by atoms with Crippen molar-refractivity contribution in [3.8, 4) is 17.2 Å². The zero-order valence-electron chi connectivity index (χ0n) is 17.0. The number of nitriles is 1. The van der Waals surface area contributed by atoms with Gasteiger partial charge in [0.05, 0.1) is 17.1 Å². The lowest BCUT2D eigenvalue weighted by atomic mass is 9.89. The van der Waals surface area contributed by atoms with E-state index in [1.807, 2.05) is 16.9 Å². The van der Waals surface area contributed by atoms with E-state index >= 15 is 0 Å². The van der Waals surface area contributed by atoms with Crippen LogP contribution in [0.25, 0.3) is 11.1 Å². The zero-order valence-corrected chi connectivity index (χ0v) is 17.7. The van der Waals surface area contributed by atoms with Gasteiger partial charge in [0.15, 0.2) is 0 Å². The van der Waals surface area contributed by atoms with Gasteiger partial charge in [0, 0.05) is 35.8 Å². The first-order chi connectivity index (χ1) is 14.3. The second-order valence-electron chi connectivity index (χ2n) is 8.35. The smallest absolute Gasteiger partial charge is 0.232 e. The molecular weight excluding hydrogens is 400 g/mol. The number of nitrogens with zero attached hydrogens (tertiary/aromatic N) is 5. The van der Waals surface area contributed by atoms with Crippen molar-refractivity contribution in [2.75, 3.05) is 5.32 Å². The molecule has 0 spiro atoms. The minimum absolute atomic E-state index is 0.150. The van der Waals surface area contributed by atoms with Gasteiger partial charge in [0.1, 0.15) is 17.6 Å². The lowest BCUT2D eigenvalue weighted by molar-refractivity contribution is -0.117. The number of anilines is 1. The molecule has 0 fully saturated rings. The summed E-state index contributed by atoms with van der Waals surface area (Å²) >= 11 is 6.44. The van der Waals surface area contributed by atoms with Crippen molar-refractivity contribution in [3.63, 3.8) is 0 Å². The van der Waals surface area contributed by atoms with E-state index < -0.39 is 5.92 Å². The summed E-state index contributed by atoms with van der Waals surface area (Å²) < 4.78 is 2.02. The first-order valence-corrected chi connectivity index (χ1v) is 10.0. The molecule has 0 unspecified atom stereocenters. The van der Waals surface area contributed by atoms with Crippen LogP contribution in [0.2, 0.25) is 5.02 Å². The van der Waals surface area contributed by atoms with E-state index in [9.17, 15) is 4.79 Å². The Hall–Kier alpha value is -3.24. The molecule has 0 radical (unpaired) electrons. The summed E-state index contributed by atoms with van der Waals surface area (Å²) in [5.41, 5.74) is 4.03. The van der Waals surface area contributed by atoms with Crippen molar-refractivity contribution in [2.45, 2.75) is 39.7 Å². The van der Waals surface area contributed by atoms with Crippen molar-refractivity contribution in [3.05, 3.63) is 58.8 Å². The van der Waals surface area contributed by atoms with Crippen molar-refractivity contribution >= 4 is 23.3 Å². The molecule has 0 aliphatic carbocycles. The highest BCUT2D eigenvalue weighted by molar-refractivity contribution is 6.33. The lowest BCUT2D eigenvalue weighted by Gasteiger charge is -2.15. The summed E-state index contributed by atoms with van der Waals surface area (Å²) in [6.45, 7) is 7.06. The zero-order chi connectivity index (χ0) is 21.5. The Morgan fingerprint density at radius 2 is 2.10 bits per heavy atom. The summed E-state index contributed by atoms with van der Waals surface area (Å²) in [6.07, 6.45) is 5.80. The van der Waals surface area contributed by atoms with Gasteiger partial charge in [-0.2, -0.15) is 10.4 Å². The monoisotopic (exact) mass is 420 g/mol. The predicted molar refractivity (Wildman–Crippen MR) is 114 cm³/mol. The fourth-order valence-corrected chi connectivity index (χ4v) is 3.95. The van der Waals surface area contributed by atoms with Crippen molar-refractivity contribution < 1.29 is 4.79 Å². The molecule has 1 N–H and O–H groups in total. The van der Waals surface area contributed by atoms with Gasteiger partial charge in [0.25, 0.3) is 0 Å². The third-order valence-corrected chi connectivity index (χ3v) is 5.66. The first kappa shape index (κ1) is 20.0. The van der Waals surface area contributed by atoms with Crippen LogP contribution in [0, 0.1) is 16.7 Å². The van der Waals surface area contributed by atoms with Gasteiger partial charge in [0.2, 0.25) is 5.91 Å². The predicted octanol–water partition coefficient (Wildman–Crippen LogP) is 4.19. The molecule has 30 heavy (non-hydrogen) atoms. The van der Waals surface area contributed by atoms with E-state index in [1.54, 1.807) is 31.3 Å². The maximum atomic E-state index is 12.8. The number of rotatable bonds is 4. The Morgan fingerprint density at radius 3 is 2.87 bits per heavy atom. The number of carbonyl (C=O) groups excluding carboxylic acids is 1. The third-order valence-electron chi connectivity index (χ3n) is 5.36. The number of pyridine rings is 2. The Balaban J connectivity index is 1.59. The molecule has 1 aliphatic rings. The summed E-state index contributed by atoms with van der Waals surface area (Å²) in [7, 11) is 0. The normalized spacial score (nSPS) is 15.3.